The Labute approximate surface area is 202 Å². The fourth-order valence-electron chi connectivity index (χ4n) is 4.34. The van der Waals surface area contributed by atoms with Crippen molar-refractivity contribution < 1.29 is 33.0 Å². The maximum absolute atomic E-state index is 13.7. The second kappa shape index (κ2) is 10.4. The monoisotopic (exact) mass is 489 g/mol. The number of aromatic nitrogens is 1. The van der Waals surface area contributed by atoms with Crippen molar-refractivity contribution >= 4 is 23.5 Å². The van der Waals surface area contributed by atoms with Gasteiger partial charge in [0.25, 0.3) is 0 Å². The Morgan fingerprint density at radius 3 is 2.40 bits per heavy atom. The smallest absolute Gasteiger partial charge is 0.388 e. The lowest BCUT2D eigenvalue weighted by Gasteiger charge is -2.50. The van der Waals surface area contributed by atoms with Crippen LogP contribution in [0.25, 0.3) is 0 Å². The molecular weight excluding hydrogens is 460 g/mol. The van der Waals surface area contributed by atoms with Crippen LogP contribution in [0.4, 0.5) is 14.5 Å². The maximum Gasteiger partial charge on any atom is 0.388 e. The number of aryl methyl sites for hydroxylation is 1. The van der Waals surface area contributed by atoms with E-state index in [0.717, 1.165) is 11.1 Å². The number of nitrogens with one attached hydrogen (secondary N) is 1. The summed E-state index contributed by atoms with van der Waals surface area (Å²) in [6, 6.07) is 10.4. The number of benzene rings is 1. The van der Waals surface area contributed by atoms with Crippen molar-refractivity contribution in [1.29, 1.82) is 0 Å². The van der Waals surface area contributed by atoms with Gasteiger partial charge in [0.15, 0.2) is 0 Å². The third-order valence-corrected chi connectivity index (χ3v) is 6.12. The van der Waals surface area contributed by atoms with E-state index in [1.54, 1.807) is 19.1 Å². The molecule has 2 aromatic rings. The summed E-state index contributed by atoms with van der Waals surface area (Å²) in [5.41, 5.74) is 0.905. The van der Waals surface area contributed by atoms with Gasteiger partial charge in [0.2, 0.25) is 17.7 Å². The molecule has 1 aromatic heterocycles. The molecule has 10 heteroatoms. The molecule has 0 unspecified atom stereocenters. The van der Waals surface area contributed by atoms with Crippen LogP contribution in [0.3, 0.4) is 0 Å². The summed E-state index contributed by atoms with van der Waals surface area (Å²) >= 11 is 0. The van der Waals surface area contributed by atoms with Gasteiger partial charge in [0.05, 0.1) is 6.42 Å². The lowest BCUT2D eigenvalue weighted by Crippen LogP contribution is -2.67. The molecule has 0 radical (unpaired) electrons. The molecule has 3 rings (SSSR count). The van der Waals surface area contributed by atoms with E-state index in [2.05, 4.69) is 15.0 Å². The van der Waals surface area contributed by atoms with Crippen LogP contribution < -0.4 is 10.1 Å². The number of halogens is 2. The fraction of sp³-hybridized carbons (Fsp3) is 0.440. The van der Waals surface area contributed by atoms with E-state index in [1.165, 1.54) is 17.9 Å². The summed E-state index contributed by atoms with van der Waals surface area (Å²) in [6.07, 6.45) is -0.319. The van der Waals surface area contributed by atoms with Crippen molar-refractivity contribution in [3.8, 4) is 5.88 Å². The zero-order valence-corrected chi connectivity index (χ0v) is 20.0. The Morgan fingerprint density at radius 2 is 1.80 bits per heavy atom. The summed E-state index contributed by atoms with van der Waals surface area (Å²) in [5.74, 6) is -3.02. The number of rotatable bonds is 9. The van der Waals surface area contributed by atoms with E-state index in [4.69, 9.17) is 5.11 Å². The van der Waals surface area contributed by atoms with Gasteiger partial charge < -0.3 is 20.1 Å². The minimum absolute atomic E-state index is 0.00803. The highest BCUT2D eigenvalue weighted by atomic mass is 19.3. The van der Waals surface area contributed by atoms with Crippen LogP contribution in [-0.4, -0.2) is 52.5 Å². The number of anilines is 1. The van der Waals surface area contributed by atoms with Crippen molar-refractivity contribution in [1.82, 2.24) is 9.88 Å². The molecule has 2 amide bonds. The average molecular weight is 490 g/mol. The molecule has 1 aliphatic heterocycles. The largest absolute Gasteiger partial charge is 0.481 e. The van der Waals surface area contributed by atoms with Crippen LogP contribution in [0.2, 0.25) is 0 Å². The predicted molar refractivity (Wildman–Crippen MR) is 124 cm³/mol. The standard InChI is InChI=1S/C25H29F2N3O5/c1-14(2)17-7-5-6-8-18(17)25(12-30(13-25)22(33)15(3)11-20(31)32)23(34)29-19-10-9-16(4)28-21(19)35-24(26)27/h5-10,14-15,24H,11-13H2,1-4H3,(H,29,34)(H,31,32)/t15-/m1/s1. The van der Waals surface area contributed by atoms with Gasteiger partial charge >= 0.3 is 12.6 Å². The Kier molecular flexibility index (Phi) is 7.72. The zero-order chi connectivity index (χ0) is 25.9. The summed E-state index contributed by atoms with van der Waals surface area (Å²) < 4.78 is 30.4. The van der Waals surface area contributed by atoms with Crippen LogP contribution in [0.1, 0.15) is 49.9 Å². The first-order valence-corrected chi connectivity index (χ1v) is 11.3. The van der Waals surface area contributed by atoms with E-state index in [0.29, 0.717) is 5.69 Å². The van der Waals surface area contributed by atoms with Crippen LogP contribution in [-0.2, 0) is 19.8 Å². The number of carboxylic acid groups (broad SMARTS) is 1. The first-order chi connectivity index (χ1) is 16.4. The molecule has 188 valence electrons. The molecule has 0 bridgehead atoms. The quantitative estimate of drug-likeness (QED) is 0.552. The lowest BCUT2D eigenvalue weighted by atomic mass is 9.69. The van der Waals surface area contributed by atoms with E-state index in [-0.39, 0.29) is 37.0 Å². The van der Waals surface area contributed by atoms with Crippen molar-refractivity contribution in [2.75, 3.05) is 18.4 Å². The predicted octanol–water partition coefficient (Wildman–Crippen LogP) is 3.94. The van der Waals surface area contributed by atoms with E-state index in [9.17, 15) is 23.2 Å². The van der Waals surface area contributed by atoms with E-state index in [1.807, 2.05) is 32.0 Å². The number of pyridine rings is 1. The molecule has 35 heavy (non-hydrogen) atoms. The second-order valence-corrected chi connectivity index (χ2v) is 9.16. The highest BCUT2D eigenvalue weighted by Gasteiger charge is 2.54. The third-order valence-electron chi connectivity index (χ3n) is 6.12. The minimum Gasteiger partial charge on any atom is -0.481 e. The number of likely N-dealkylation sites (tertiary alicyclic amines) is 1. The number of carbonyl (C=O) groups excluding carboxylic acids is 2. The highest BCUT2D eigenvalue weighted by Crippen LogP contribution is 2.41. The number of ether oxygens (including phenoxy) is 1. The third kappa shape index (κ3) is 5.58. The van der Waals surface area contributed by atoms with Gasteiger partial charge in [-0.1, -0.05) is 45.0 Å². The number of hydrogen-bond acceptors (Lipinski definition) is 5. The van der Waals surface area contributed by atoms with Gasteiger partial charge in [-0.2, -0.15) is 8.78 Å². The summed E-state index contributed by atoms with van der Waals surface area (Å²) in [5, 5.41) is 11.7. The molecule has 1 atom stereocenters. The van der Waals surface area contributed by atoms with Crippen LogP contribution in [0, 0.1) is 12.8 Å². The molecule has 1 aliphatic rings. The van der Waals surface area contributed by atoms with Gasteiger partial charge in [-0.3, -0.25) is 14.4 Å². The van der Waals surface area contributed by atoms with E-state index >= 15 is 0 Å². The molecule has 2 heterocycles. The number of carbonyl (C=O) groups is 3. The molecule has 2 N–H and O–H groups in total. The molecule has 1 saturated heterocycles. The van der Waals surface area contributed by atoms with Gasteiger partial charge in [-0.25, -0.2) is 4.98 Å². The van der Waals surface area contributed by atoms with Crippen LogP contribution in [0.5, 0.6) is 5.88 Å². The first-order valence-electron chi connectivity index (χ1n) is 11.3. The maximum atomic E-state index is 13.7. The summed E-state index contributed by atoms with van der Waals surface area (Å²) in [6.45, 7) is 4.04. The lowest BCUT2D eigenvalue weighted by molar-refractivity contribution is -0.151. The molecule has 8 nitrogen and oxygen atoms in total. The zero-order valence-electron chi connectivity index (χ0n) is 20.0. The first kappa shape index (κ1) is 26.1. The highest BCUT2D eigenvalue weighted by molar-refractivity contribution is 6.03. The molecular formula is C25H29F2N3O5. The normalized spacial score (nSPS) is 15.5. The van der Waals surface area contributed by atoms with Crippen molar-refractivity contribution in [2.45, 2.75) is 52.1 Å². The summed E-state index contributed by atoms with van der Waals surface area (Å²) in [7, 11) is 0. The Balaban J connectivity index is 1.97. The molecule has 0 aliphatic carbocycles. The molecule has 1 fully saturated rings. The average Bonchev–Trinajstić information content (AvgIpc) is 2.74. The topological polar surface area (TPSA) is 109 Å². The SMILES string of the molecule is Cc1ccc(NC(=O)C2(c3ccccc3C(C)C)CN(C(=O)[C@H](C)CC(=O)O)C2)c(OC(F)F)n1. The molecule has 0 spiro atoms. The molecule has 0 saturated carbocycles. The Bertz CT molecular complexity index is 1120. The number of amides is 2. The Hall–Kier alpha value is -3.56. The van der Waals surface area contributed by atoms with Gasteiger partial charge in [-0.15, -0.1) is 0 Å². The van der Waals surface area contributed by atoms with Crippen molar-refractivity contribution in [2.24, 2.45) is 5.92 Å². The van der Waals surface area contributed by atoms with Crippen LogP contribution >= 0.6 is 0 Å². The van der Waals surface area contributed by atoms with Crippen molar-refractivity contribution in [3.63, 3.8) is 0 Å². The number of aliphatic carboxylic acids is 1. The number of nitrogens with zero attached hydrogens (tertiary/aromatic N) is 2. The van der Waals surface area contributed by atoms with Crippen molar-refractivity contribution in [3.05, 3.63) is 53.2 Å². The minimum atomic E-state index is -3.12. The van der Waals surface area contributed by atoms with Gasteiger partial charge in [0.1, 0.15) is 11.1 Å². The van der Waals surface area contributed by atoms with Gasteiger partial charge in [-0.05, 0) is 36.1 Å². The fourth-order valence-corrected chi connectivity index (χ4v) is 4.34. The van der Waals surface area contributed by atoms with Crippen LogP contribution in [0.15, 0.2) is 36.4 Å². The second-order valence-electron chi connectivity index (χ2n) is 9.16. The number of hydrogen-bond donors (Lipinski definition) is 2. The summed E-state index contributed by atoms with van der Waals surface area (Å²) in [4.78, 5) is 43.0. The Morgan fingerprint density at radius 1 is 1.14 bits per heavy atom. The molecule has 1 aromatic carbocycles. The van der Waals surface area contributed by atoms with E-state index < -0.39 is 35.7 Å². The number of alkyl halides is 2. The number of carboxylic acids is 1. The van der Waals surface area contributed by atoms with Gasteiger partial charge in [0, 0.05) is 24.7 Å².